The van der Waals surface area contributed by atoms with Crippen LogP contribution in [0, 0.1) is 36.7 Å². The van der Waals surface area contributed by atoms with E-state index in [4.69, 9.17) is 0 Å². The quantitative estimate of drug-likeness (QED) is 0.301. The molecule has 0 aliphatic carbocycles. The van der Waals surface area contributed by atoms with Crippen molar-refractivity contribution < 1.29 is 36.7 Å². The fourth-order valence-corrected chi connectivity index (χ4v) is 6.20. The Bertz CT molecular complexity index is 109. The van der Waals surface area contributed by atoms with Gasteiger partial charge in [-0.25, -0.2) is 0 Å². The Hall–Kier alpha value is 1.35. The molecule has 102 valence electrons. The van der Waals surface area contributed by atoms with Crippen LogP contribution >= 0.6 is 0 Å². The van der Waals surface area contributed by atoms with Crippen LogP contribution in [-0.2, 0) is 0 Å². The van der Waals surface area contributed by atoms with Gasteiger partial charge in [0.25, 0.3) is 0 Å². The third-order valence-electron chi connectivity index (χ3n) is 3.41. The van der Waals surface area contributed by atoms with Gasteiger partial charge in [0.05, 0.1) is 0 Å². The molecule has 0 N–H and O–H groups in total. The van der Waals surface area contributed by atoms with Crippen molar-refractivity contribution in [3.05, 3.63) is 0 Å². The number of hydrogen-bond donors (Lipinski definition) is 0. The zero-order valence-electron chi connectivity index (χ0n) is 12.4. The summed E-state index contributed by atoms with van der Waals surface area (Å²) in [4.78, 5) is 0. The molecule has 0 unspecified atom stereocenters. The van der Waals surface area contributed by atoms with Crippen LogP contribution in [0.15, 0.2) is 0 Å². The van der Waals surface area contributed by atoms with E-state index in [-0.39, 0.29) is 36.7 Å². The minimum absolute atomic E-state index is 0.130. The average molecular weight is 371 g/mol. The van der Waals surface area contributed by atoms with Crippen LogP contribution in [0.4, 0.5) is 0 Å². The van der Waals surface area contributed by atoms with Gasteiger partial charge in [0.1, 0.15) is 0 Å². The molecule has 1 heteroatoms. The summed E-state index contributed by atoms with van der Waals surface area (Å²) in [6.07, 6.45) is 17.9. The standard InChI is InChI=1S/2C8H17.Nd/c2*1-3-5-7-8-6-4-2;/h2*1,3-8H2,2H3;. The molecule has 0 heterocycles. The van der Waals surface area contributed by atoms with Crippen molar-refractivity contribution in [3.8, 4) is 0 Å². The topological polar surface area (TPSA) is 0 Å². The molecule has 0 aromatic rings. The molecule has 0 nitrogen and oxygen atoms in total. The Kier molecular flexibility index (Phi) is 18.7. The molecule has 0 aromatic heterocycles. The van der Waals surface area contributed by atoms with E-state index in [1.54, 1.807) is 17.0 Å². The second kappa shape index (κ2) is 17.4. The molecule has 0 bridgehead atoms. The van der Waals surface area contributed by atoms with Crippen molar-refractivity contribution in [2.45, 2.75) is 95.0 Å². The van der Waals surface area contributed by atoms with Gasteiger partial charge in [0, 0.05) is 0 Å². The molecule has 0 aliphatic rings. The molecule has 0 amide bonds. The molecule has 0 saturated heterocycles. The molecular weight excluding hydrogens is 336 g/mol. The molecule has 0 spiro atoms. The molecule has 17 heavy (non-hydrogen) atoms. The van der Waals surface area contributed by atoms with Crippen molar-refractivity contribution in [2.75, 3.05) is 0 Å². The van der Waals surface area contributed by atoms with Crippen LogP contribution in [0.2, 0.25) is 4.14 Å². The van der Waals surface area contributed by atoms with Gasteiger partial charge in [-0.1, -0.05) is 0 Å². The SMILES string of the molecule is CCCCCCC[CH2][Nd][CH2]CCCCCCC. The summed E-state index contributed by atoms with van der Waals surface area (Å²) >= 11 is -0.130. The summed E-state index contributed by atoms with van der Waals surface area (Å²) in [5.74, 6) is 0. The van der Waals surface area contributed by atoms with E-state index in [2.05, 4.69) is 13.8 Å². The van der Waals surface area contributed by atoms with Gasteiger partial charge >= 0.3 is 132 Å². The van der Waals surface area contributed by atoms with E-state index in [1.165, 1.54) is 64.2 Å². The van der Waals surface area contributed by atoms with Crippen molar-refractivity contribution in [3.63, 3.8) is 0 Å². The normalized spacial score (nSPS) is 10.7. The molecule has 0 rings (SSSR count). The summed E-state index contributed by atoms with van der Waals surface area (Å²) in [7, 11) is 0. The van der Waals surface area contributed by atoms with Gasteiger partial charge < -0.3 is 0 Å². The second-order valence-corrected chi connectivity index (χ2v) is 10.1. The van der Waals surface area contributed by atoms with Crippen LogP contribution in [0.1, 0.15) is 90.9 Å². The molecule has 0 aliphatic heterocycles. The van der Waals surface area contributed by atoms with Crippen molar-refractivity contribution in [1.82, 2.24) is 0 Å². The molecule has 0 fully saturated rings. The predicted octanol–water partition coefficient (Wildman–Crippen LogP) is 6.63. The summed E-state index contributed by atoms with van der Waals surface area (Å²) in [5, 5.41) is 0. The molecular formula is C16H34Nd. The number of hydrogen-bond acceptors (Lipinski definition) is 0. The molecule has 0 atom stereocenters. The number of rotatable bonds is 14. The van der Waals surface area contributed by atoms with Gasteiger partial charge in [0.15, 0.2) is 0 Å². The Morgan fingerprint density at radius 2 is 0.824 bits per heavy atom. The first-order chi connectivity index (χ1) is 8.41. The van der Waals surface area contributed by atoms with E-state index < -0.39 is 0 Å². The van der Waals surface area contributed by atoms with Gasteiger partial charge in [-0.2, -0.15) is 0 Å². The van der Waals surface area contributed by atoms with E-state index in [9.17, 15) is 0 Å². The Labute approximate surface area is 130 Å². The van der Waals surface area contributed by atoms with Crippen molar-refractivity contribution in [2.24, 2.45) is 0 Å². The van der Waals surface area contributed by atoms with Crippen LogP contribution < -0.4 is 0 Å². The fraction of sp³-hybridized carbons (Fsp3) is 1.00. The summed E-state index contributed by atoms with van der Waals surface area (Å²) in [6.45, 7) is 4.60. The van der Waals surface area contributed by atoms with Crippen LogP contribution in [0.25, 0.3) is 0 Å². The van der Waals surface area contributed by atoms with Gasteiger partial charge in [-0.3, -0.25) is 0 Å². The first-order valence-corrected chi connectivity index (χ1v) is 12.7. The first kappa shape index (κ1) is 18.4. The van der Waals surface area contributed by atoms with E-state index >= 15 is 0 Å². The van der Waals surface area contributed by atoms with E-state index in [0.717, 1.165) is 0 Å². The predicted molar refractivity (Wildman–Crippen MR) is 76.4 cm³/mol. The molecule has 0 aromatic carbocycles. The summed E-state index contributed by atoms with van der Waals surface area (Å²) < 4.78 is 3.36. The maximum absolute atomic E-state index is 2.30. The maximum atomic E-state index is 2.30. The Morgan fingerprint density at radius 3 is 1.24 bits per heavy atom. The van der Waals surface area contributed by atoms with E-state index in [0.29, 0.717) is 0 Å². The summed E-state index contributed by atoms with van der Waals surface area (Å²) in [6, 6.07) is 0. The third kappa shape index (κ3) is 17.4. The van der Waals surface area contributed by atoms with Gasteiger partial charge in [0.2, 0.25) is 0 Å². The van der Waals surface area contributed by atoms with Crippen LogP contribution in [-0.4, -0.2) is 0 Å². The third-order valence-corrected chi connectivity index (χ3v) is 7.95. The molecule has 0 radical (unpaired) electrons. The second-order valence-electron chi connectivity index (χ2n) is 5.29. The first-order valence-electron chi connectivity index (χ1n) is 8.12. The number of unbranched alkanes of at least 4 members (excludes halogenated alkanes) is 10. The van der Waals surface area contributed by atoms with Crippen molar-refractivity contribution >= 4 is 0 Å². The van der Waals surface area contributed by atoms with E-state index in [1.807, 2.05) is 0 Å². The molecule has 0 saturated carbocycles. The summed E-state index contributed by atoms with van der Waals surface area (Å²) in [5.41, 5.74) is 0. The van der Waals surface area contributed by atoms with Crippen LogP contribution in [0.3, 0.4) is 0 Å². The fourth-order valence-electron chi connectivity index (χ4n) is 2.19. The van der Waals surface area contributed by atoms with Gasteiger partial charge in [-0.05, 0) is 0 Å². The van der Waals surface area contributed by atoms with Crippen LogP contribution in [0.5, 0.6) is 0 Å². The average Bonchev–Trinajstić information content (AvgIpc) is 2.35. The van der Waals surface area contributed by atoms with Gasteiger partial charge in [-0.15, -0.1) is 0 Å². The monoisotopic (exact) mass is 368 g/mol. The zero-order valence-corrected chi connectivity index (χ0v) is 15.6. The Morgan fingerprint density at radius 1 is 0.471 bits per heavy atom. The minimum atomic E-state index is -0.130. The zero-order chi connectivity index (χ0) is 12.6. The Balaban J connectivity index is 2.85. The van der Waals surface area contributed by atoms with Crippen molar-refractivity contribution in [1.29, 1.82) is 0 Å².